The van der Waals surface area contributed by atoms with Crippen molar-refractivity contribution in [1.82, 2.24) is 0 Å². The van der Waals surface area contributed by atoms with E-state index in [1.165, 1.54) is 23.5 Å². The van der Waals surface area contributed by atoms with E-state index in [4.69, 9.17) is 0 Å². The number of amides is 2. The van der Waals surface area contributed by atoms with E-state index >= 15 is 0 Å². The van der Waals surface area contributed by atoms with Crippen molar-refractivity contribution in [1.29, 1.82) is 0 Å². The van der Waals surface area contributed by atoms with Crippen LogP contribution < -0.4 is 10.6 Å². The monoisotopic (exact) mass is 662 g/mol. The Labute approximate surface area is 285 Å². The van der Waals surface area contributed by atoms with Crippen LogP contribution in [0, 0.1) is 0 Å². The van der Waals surface area contributed by atoms with Crippen molar-refractivity contribution in [3.8, 4) is 0 Å². The summed E-state index contributed by atoms with van der Waals surface area (Å²) in [4.78, 5) is 59.3. The molecule has 0 bridgehead atoms. The highest BCUT2D eigenvalue weighted by molar-refractivity contribution is 7.99. The van der Waals surface area contributed by atoms with Crippen LogP contribution in [0.4, 0.5) is 11.4 Å². The van der Waals surface area contributed by atoms with Crippen LogP contribution in [-0.4, -0.2) is 23.4 Å². The van der Waals surface area contributed by atoms with E-state index in [1.807, 2.05) is 72.8 Å². The molecule has 6 aromatic carbocycles. The van der Waals surface area contributed by atoms with Crippen LogP contribution >= 0.6 is 23.5 Å². The number of fused-ring (bicyclic) bond motifs is 2. The van der Waals surface area contributed by atoms with Crippen molar-refractivity contribution >= 4 is 58.3 Å². The van der Waals surface area contributed by atoms with Gasteiger partial charge in [-0.05, 0) is 72.8 Å². The average molecular weight is 663 g/mol. The third kappa shape index (κ3) is 6.19. The lowest BCUT2D eigenvalue weighted by Crippen LogP contribution is -2.27. The van der Waals surface area contributed by atoms with Crippen LogP contribution in [0.3, 0.4) is 0 Å². The van der Waals surface area contributed by atoms with Crippen molar-refractivity contribution < 1.29 is 19.2 Å². The van der Waals surface area contributed by atoms with Crippen LogP contribution in [0.1, 0.15) is 52.6 Å². The molecule has 0 saturated carbocycles. The van der Waals surface area contributed by atoms with Gasteiger partial charge in [-0.15, -0.1) is 0 Å². The van der Waals surface area contributed by atoms with E-state index < -0.39 is 23.4 Å². The Balaban J connectivity index is 1.41. The normalized spacial score (nSPS) is 11.8. The Hall–Kier alpha value is -5.70. The number of hydrogen-bond acceptors (Lipinski definition) is 6. The van der Waals surface area contributed by atoms with Gasteiger partial charge >= 0.3 is 0 Å². The Morgan fingerprint density at radius 1 is 0.396 bits per heavy atom. The highest BCUT2D eigenvalue weighted by Crippen LogP contribution is 2.45. The van der Waals surface area contributed by atoms with Crippen LogP contribution in [0.5, 0.6) is 0 Å². The van der Waals surface area contributed by atoms with E-state index in [9.17, 15) is 19.2 Å². The predicted octanol–water partition coefficient (Wildman–Crippen LogP) is 9.27. The van der Waals surface area contributed by atoms with E-state index in [0.717, 1.165) is 9.79 Å². The Bertz CT molecular complexity index is 2030. The first-order valence-corrected chi connectivity index (χ1v) is 16.7. The largest absolute Gasteiger partial charge is 0.321 e. The van der Waals surface area contributed by atoms with Gasteiger partial charge in [-0.1, -0.05) is 96.3 Å². The quantitative estimate of drug-likeness (QED) is 0.169. The molecule has 6 nitrogen and oxygen atoms in total. The molecular formula is C40H26N2O4S2. The predicted molar refractivity (Wildman–Crippen MR) is 190 cm³/mol. The number of nitrogens with one attached hydrogen (secondary N) is 2. The number of rotatable bonds is 8. The molecular weight excluding hydrogens is 637 g/mol. The number of benzene rings is 6. The van der Waals surface area contributed by atoms with Crippen LogP contribution in [0.15, 0.2) is 165 Å². The minimum absolute atomic E-state index is 0.110. The maximum atomic E-state index is 14.9. The fourth-order valence-corrected chi connectivity index (χ4v) is 7.48. The zero-order chi connectivity index (χ0) is 33.0. The summed E-state index contributed by atoms with van der Waals surface area (Å²) in [6, 6.07) is 43.3. The minimum atomic E-state index is -0.423. The van der Waals surface area contributed by atoms with Crippen molar-refractivity contribution in [2.75, 3.05) is 10.6 Å². The molecule has 0 saturated heterocycles. The molecule has 1 aliphatic carbocycles. The molecule has 1 aliphatic rings. The summed E-state index contributed by atoms with van der Waals surface area (Å²) in [6.45, 7) is 0. The van der Waals surface area contributed by atoms with Crippen molar-refractivity contribution in [3.05, 3.63) is 179 Å². The average Bonchev–Trinajstić information content (AvgIpc) is 3.13. The lowest BCUT2D eigenvalue weighted by Gasteiger charge is -2.26. The van der Waals surface area contributed by atoms with Gasteiger partial charge in [-0.25, -0.2) is 0 Å². The molecule has 232 valence electrons. The summed E-state index contributed by atoms with van der Waals surface area (Å²) in [5.41, 5.74) is 1.85. The fraction of sp³-hybridized carbons (Fsp3) is 0. The van der Waals surface area contributed by atoms with Gasteiger partial charge < -0.3 is 10.6 Å². The molecule has 0 heterocycles. The topological polar surface area (TPSA) is 92.3 Å². The zero-order valence-corrected chi connectivity index (χ0v) is 26.9. The SMILES string of the molecule is O=C(Nc1ccc(Sc2ccccc2)c2c1C(=O)c1c(Sc3ccccc3)ccc(NC(=O)c3ccccc3)c1C2=O)c1ccccc1. The number of ketones is 2. The molecule has 0 spiro atoms. The fourth-order valence-electron chi connectivity index (χ4n) is 5.52. The van der Waals surface area contributed by atoms with Crippen LogP contribution in [-0.2, 0) is 0 Å². The molecule has 6 aromatic rings. The van der Waals surface area contributed by atoms with Gasteiger partial charge in [0.15, 0.2) is 11.6 Å². The van der Waals surface area contributed by atoms with Gasteiger partial charge in [0, 0.05) is 41.8 Å². The molecule has 2 amide bonds. The summed E-state index contributed by atoms with van der Waals surface area (Å²) in [5.74, 6) is -1.66. The lowest BCUT2D eigenvalue weighted by atomic mass is 9.82. The molecule has 0 unspecified atom stereocenters. The number of carbonyl (C=O) groups is 4. The second-order valence-electron chi connectivity index (χ2n) is 10.9. The Kier molecular flexibility index (Phi) is 8.74. The highest BCUT2D eigenvalue weighted by atomic mass is 32.2. The van der Waals surface area contributed by atoms with Crippen molar-refractivity contribution in [3.63, 3.8) is 0 Å². The molecule has 2 N–H and O–H groups in total. The molecule has 0 atom stereocenters. The Morgan fingerprint density at radius 2 is 0.729 bits per heavy atom. The maximum Gasteiger partial charge on any atom is 0.255 e. The number of anilines is 2. The molecule has 0 aliphatic heterocycles. The van der Waals surface area contributed by atoms with E-state index in [-0.39, 0.29) is 33.6 Å². The van der Waals surface area contributed by atoms with E-state index in [2.05, 4.69) is 10.6 Å². The summed E-state index contributed by atoms with van der Waals surface area (Å²) < 4.78 is 0. The van der Waals surface area contributed by atoms with Gasteiger partial charge in [-0.3, -0.25) is 19.2 Å². The van der Waals surface area contributed by atoms with Crippen molar-refractivity contribution in [2.24, 2.45) is 0 Å². The lowest BCUT2D eigenvalue weighted by molar-refractivity contribution is 0.0973. The highest BCUT2D eigenvalue weighted by Gasteiger charge is 2.38. The number of carbonyl (C=O) groups excluding carboxylic acids is 4. The summed E-state index contributed by atoms with van der Waals surface area (Å²) >= 11 is 2.70. The van der Waals surface area contributed by atoms with Gasteiger partial charge in [0.25, 0.3) is 11.8 Å². The standard InChI is InChI=1S/C40H26N2O4S2/c43-37-33-29(41-39(45)25-13-5-1-6-14-25)21-23-31(47-27-17-9-3-10-18-27)35(33)38(44)34-30(42-40(46)26-15-7-2-8-16-26)22-24-32(36(34)37)48-28-19-11-4-12-20-28/h1-24H,(H,41,45)(H,42,46). The summed E-state index contributed by atoms with van der Waals surface area (Å²) in [5, 5.41) is 5.80. The molecule has 7 rings (SSSR count). The van der Waals surface area contributed by atoms with Crippen molar-refractivity contribution in [2.45, 2.75) is 19.6 Å². The maximum absolute atomic E-state index is 14.9. The Morgan fingerprint density at radius 3 is 1.08 bits per heavy atom. The van der Waals surface area contributed by atoms with Crippen LogP contribution in [0.2, 0.25) is 0 Å². The molecule has 0 radical (unpaired) electrons. The van der Waals surface area contributed by atoms with Gasteiger partial charge in [0.1, 0.15) is 0 Å². The first-order valence-electron chi connectivity index (χ1n) is 15.1. The van der Waals surface area contributed by atoms with Gasteiger partial charge in [0.2, 0.25) is 0 Å². The van der Waals surface area contributed by atoms with E-state index in [1.54, 1.807) is 72.8 Å². The molecule has 48 heavy (non-hydrogen) atoms. The molecule has 0 fully saturated rings. The minimum Gasteiger partial charge on any atom is -0.321 e. The smallest absolute Gasteiger partial charge is 0.255 e. The first-order chi connectivity index (χ1) is 23.5. The van der Waals surface area contributed by atoms with Crippen LogP contribution in [0.25, 0.3) is 0 Å². The summed E-state index contributed by atoms with van der Waals surface area (Å²) in [6.07, 6.45) is 0. The zero-order valence-electron chi connectivity index (χ0n) is 25.3. The third-order valence-corrected chi connectivity index (χ3v) is 9.89. The summed E-state index contributed by atoms with van der Waals surface area (Å²) in [7, 11) is 0. The molecule has 8 heteroatoms. The van der Waals surface area contributed by atoms with Gasteiger partial charge in [0.05, 0.1) is 22.5 Å². The second-order valence-corrected chi connectivity index (χ2v) is 13.1. The van der Waals surface area contributed by atoms with E-state index in [0.29, 0.717) is 20.9 Å². The molecule has 0 aromatic heterocycles. The first kappa shape index (κ1) is 30.9. The second kappa shape index (κ2) is 13.6. The number of hydrogen-bond donors (Lipinski definition) is 2. The third-order valence-electron chi connectivity index (χ3n) is 7.75. The van der Waals surface area contributed by atoms with Gasteiger partial charge in [-0.2, -0.15) is 0 Å².